The molecular formula is C30H56. The van der Waals surface area contributed by atoms with E-state index in [0.717, 1.165) is 51.8 Å². The van der Waals surface area contributed by atoms with Crippen molar-refractivity contribution in [2.75, 3.05) is 0 Å². The van der Waals surface area contributed by atoms with E-state index in [1.54, 1.807) is 32.1 Å². The minimum atomic E-state index is 0.781. The standard InChI is InChI=1S/C12H20.C8H16.C7H12.C3H8/c1-8-10-3-9-4-11(8)7-12(2,5-9)6-10;1-7-3-5-8(2)6-4-7;1-6-3-7(2,4-6)5-6;1-3-2/h8-11H,3-7H2,1-2H3;7-8H,3-6H2,1-2H3;3-5H2,1-2H3;3H2,1-2H3. The fourth-order valence-electron chi connectivity index (χ4n) is 9.05. The van der Waals surface area contributed by atoms with E-state index in [9.17, 15) is 0 Å². The van der Waals surface area contributed by atoms with Crippen molar-refractivity contribution in [3.8, 4) is 0 Å². The molecule has 30 heavy (non-hydrogen) atoms. The molecule has 0 aromatic rings. The zero-order valence-electron chi connectivity index (χ0n) is 22.2. The van der Waals surface area contributed by atoms with Gasteiger partial charge in [-0.15, -0.1) is 0 Å². The van der Waals surface area contributed by atoms with Crippen LogP contribution < -0.4 is 0 Å². The maximum Gasteiger partial charge on any atom is -0.0310 e. The lowest BCUT2D eigenvalue weighted by atomic mass is 9.37. The van der Waals surface area contributed by atoms with Crippen molar-refractivity contribution in [1.29, 1.82) is 0 Å². The van der Waals surface area contributed by atoms with Gasteiger partial charge in [-0.3, -0.25) is 0 Å². The van der Waals surface area contributed by atoms with Crippen molar-refractivity contribution < 1.29 is 0 Å². The molecule has 8 aliphatic carbocycles. The van der Waals surface area contributed by atoms with Crippen molar-refractivity contribution >= 4 is 0 Å². The first-order chi connectivity index (χ1) is 14.0. The summed E-state index contributed by atoms with van der Waals surface area (Å²) < 4.78 is 0. The van der Waals surface area contributed by atoms with Crippen LogP contribution in [0, 0.1) is 51.8 Å². The molecule has 176 valence electrons. The maximum absolute atomic E-state index is 2.55. The molecule has 0 aromatic heterocycles. The molecule has 2 unspecified atom stereocenters. The highest BCUT2D eigenvalue weighted by molar-refractivity contribution is 5.12. The van der Waals surface area contributed by atoms with Crippen molar-refractivity contribution in [3.63, 3.8) is 0 Å². The van der Waals surface area contributed by atoms with E-state index in [0.29, 0.717) is 0 Å². The molecule has 6 bridgehead atoms. The quantitative estimate of drug-likeness (QED) is 0.368. The Bertz CT molecular complexity index is 478. The summed E-state index contributed by atoms with van der Waals surface area (Å²) in [5.74, 6) is 6.46. The molecule has 8 rings (SSSR count). The Labute approximate surface area is 190 Å². The van der Waals surface area contributed by atoms with Gasteiger partial charge in [0, 0.05) is 0 Å². The van der Waals surface area contributed by atoms with E-state index in [-0.39, 0.29) is 0 Å². The van der Waals surface area contributed by atoms with E-state index >= 15 is 0 Å². The molecule has 0 aromatic carbocycles. The van der Waals surface area contributed by atoms with Gasteiger partial charge in [0.05, 0.1) is 0 Å². The minimum Gasteiger partial charge on any atom is -0.0656 e. The van der Waals surface area contributed by atoms with Gasteiger partial charge < -0.3 is 0 Å². The second kappa shape index (κ2) is 9.47. The van der Waals surface area contributed by atoms with E-state index in [1.807, 2.05) is 0 Å². The van der Waals surface area contributed by atoms with Crippen molar-refractivity contribution in [1.82, 2.24) is 0 Å². The Morgan fingerprint density at radius 2 is 0.967 bits per heavy atom. The summed E-state index contributed by atoms with van der Waals surface area (Å²) in [6, 6.07) is 0. The smallest absolute Gasteiger partial charge is 0.0310 e. The van der Waals surface area contributed by atoms with E-state index < -0.39 is 0 Å². The summed E-state index contributed by atoms with van der Waals surface area (Å²) in [5.41, 5.74) is 2.44. The van der Waals surface area contributed by atoms with E-state index in [4.69, 9.17) is 0 Å². The third-order valence-corrected chi connectivity index (χ3v) is 9.92. The van der Waals surface area contributed by atoms with Gasteiger partial charge in [-0.1, -0.05) is 87.5 Å². The molecule has 0 amide bonds. The summed E-state index contributed by atoms with van der Waals surface area (Å²) in [6.07, 6.45) is 19.5. The summed E-state index contributed by atoms with van der Waals surface area (Å²) in [4.78, 5) is 0. The molecule has 2 atom stereocenters. The Morgan fingerprint density at radius 1 is 0.600 bits per heavy atom. The topological polar surface area (TPSA) is 0 Å². The van der Waals surface area contributed by atoms with Crippen LogP contribution in [0.25, 0.3) is 0 Å². The minimum absolute atomic E-state index is 0.781. The normalized spacial score (nSPS) is 51.6. The summed E-state index contributed by atoms with van der Waals surface area (Å²) in [6.45, 7) is 18.8. The highest BCUT2D eigenvalue weighted by Gasteiger charge is 2.61. The Balaban J connectivity index is 0.000000125. The Kier molecular flexibility index (Phi) is 7.78. The maximum atomic E-state index is 2.55. The second-order valence-electron chi connectivity index (χ2n) is 14.4. The summed E-state index contributed by atoms with van der Waals surface area (Å²) in [5, 5.41) is 0. The second-order valence-corrected chi connectivity index (χ2v) is 14.4. The highest BCUT2D eigenvalue weighted by Crippen LogP contribution is 2.72. The molecule has 0 spiro atoms. The molecule has 0 radical (unpaired) electrons. The first kappa shape index (κ1) is 24.6. The number of hydrogen-bond donors (Lipinski definition) is 0. The fourth-order valence-corrected chi connectivity index (χ4v) is 9.05. The van der Waals surface area contributed by atoms with Crippen LogP contribution in [0.3, 0.4) is 0 Å². The first-order valence-corrected chi connectivity index (χ1v) is 14.0. The van der Waals surface area contributed by atoms with Crippen LogP contribution in [-0.2, 0) is 0 Å². The summed E-state index contributed by atoms with van der Waals surface area (Å²) >= 11 is 0. The van der Waals surface area contributed by atoms with Crippen LogP contribution in [0.4, 0.5) is 0 Å². The Hall–Kier alpha value is 0. The van der Waals surface area contributed by atoms with E-state index in [2.05, 4.69) is 55.4 Å². The molecule has 0 N–H and O–H groups in total. The largest absolute Gasteiger partial charge is 0.0656 e. The molecule has 0 heterocycles. The Morgan fingerprint density at radius 3 is 1.23 bits per heavy atom. The average molecular weight is 417 g/mol. The average Bonchev–Trinajstić information content (AvgIpc) is 2.61. The molecule has 8 saturated carbocycles. The molecule has 0 nitrogen and oxygen atoms in total. The monoisotopic (exact) mass is 416 g/mol. The molecule has 8 aliphatic rings. The predicted molar refractivity (Wildman–Crippen MR) is 134 cm³/mol. The van der Waals surface area contributed by atoms with Crippen LogP contribution in [0.1, 0.15) is 139 Å². The van der Waals surface area contributed by atoms with Gasteiger partial charge in [-0.2, -0.15) is 0 Å². The van der Waals surface area contributed by atoms with Crippen LogP contribution in [-0.4, -0.2) is 0 Å². The molecule has 0 saturated heterocycles. The zero-order valence-corrected chi connectivity index (χ0v) is 22.2. The van der Waals surface area contributed by atoms with Gasteiger partial charge in [0.1, 0.15) is 0 Å². The number of rotatable bonds is 0. The van der Waals surface area contributed by atoms with Crippen molar-refractivity contribution in [2.24, 2.45) is 51.8 Å². The fraction of sp³-hybridized carbons (Fsp3) is 1.00. The van der Waals surface area contributed by atoms with Gasteiger partial charge in [0.2, 0.25) is 0 Å². The van der Waals surface area contributed by atoms with Crippen LogP contribution in [0.5, 0.6) is 0 Å². The van der Waals surface area contributed by atoms with Crippen LogP contribution in [0.15, 0.2) is 0 Å². The molecule has 0 aliphatic heterocycles. The van der Waals surface area contributed by atoms with Crippen LogP contribution in [0.2, 0.25) is 0 Å². The molecule has 8 fully saturated rings. The van der Waals surface area contributed by atoms with Gasteiger partial charge >= 0.3 is 0 Å². The third kappa shape index (κ3) is 5.86. The molecule has 0 heteroatoms. The van der Waals surface area contributed by atoms with Gasteiger partial charge in [0.15, 0.2) is 0 Å². The van der Waals surface area contributed by atoms with Crippen molar-refractivity contribution in [3.05, 3.63) is 0 Å². The van der Waals surface area contributed by atoms with Gasteiger partial charge in [-0.25, -0.2) is 0 Å². The van der Waals surface area contributed by atoms with Crippen molar-refractivity contribution in [2.45, 2.75) is 139 Å². The lowest BCUT2D eigenvalue weighted by molar-refractivity contribution is -0.176. The van der Waals surface area contributed by atoms with E-state index in [1.165, 1.54) is 51.4 Å². The highest BCUT2D eigenvalue weighted by atomic mass is 14.7. The lowest BCUT2D eigenvalue weighted by Crippen LogP contribution is -2.57. The predicted octanol–water partition coefficient (Wildman–Crippen LogP) is 9.91. The molecular weight excluding hydrogens is 360 g/mol. The van der Waals surface area contributed by atoms with Gasteiger partial charge in [0.25, 0.3) is 0 Å². The lowest BCUT2D eigenvalue weighted by Gasteiger charge is -2.68. The SMILES string of the molecule is CC12CC(C)(C1)C2.CC1C2CC3CC1CC(C)(C3)C2.CC1CCC(C)CC1.CCC. The van der Waals surface area contributed by atoms with Crippen LogP contribution >= 0.6 is 0 Å². The number of hydrogen-bond acceptors (Lipinski definition) is 0. The third-order valence-electron chi connectivity index (χ3n) is 9.92. The first-order valence-electron chi connectivity index (χ1n) is 14.0. The van der Waals surface area contributed by atoms with Gasteiger partial charge in [-0.05, 0) is 103 Å². The zero-order chi connectivity index (χ0) is 22.2. The summed E-state index contributed by atoms with van der Waals surface area (Å²) in [7, 11) is 0.